The monoisotopic (exact) mass is 709 g/mol. The van der Waals surface area contributed by atoms with Crippen molar-refractivity contribution >= 4 is 58.8 Å². The van der Waals surface area contributed by atoms with Crippen LogP contribution in [0.1, 0.15) is 12.0 Å². The van der Waals surface area contributed by atoms with Crippen LogP contribution in [0.25, 0.3) is 0 Å². The van der Waals surface area contributed by atoms with Crippen molar-refractivity contribution in [3.05, 3.63) is 83.4 Å². The molecule has 49 heavy (non-hydrogen) atoms. The summed E-state index contributed by atoms with van der Waals surface area (Å²) in [7, 11) is 1.74. The molecule has 4 N–H and O–H groups in total. The van der Waals surface area contributed by atoms with Gasteiger partial charge in [-0.1, -0.05) is 11.8 Å². The van der Waals surface area contributed by atoms with E-state index in [0.717, 1.165) is 29.5 Å². The quantitative estimate of drug-likeness (QED) is 0.0724. The van der Waals surface area contributed by atoms with E-state index in [2.05, 4.69) is 20.8 Å². The Balaban J connectivity index is 1.04. The normalized spacial score (nSPS) is 19.6. The number of nitrogens with zero attached hydrogens (tertiary/aromatic N) is 6. The van der Waals surface area contributed by atoms with Crippen LogP contribution in [-0.2, 0) is 44.1 Å². The SMILES string of the molecule is Cn1cnnc1SCC(=O)NC1C(=O)N2C(C(=O)O)=C(C=C3CCN(Cc4cc[n+](CC(=O)Nc5ccc(O)c(F)c5)cc4)C3=O)CSC12. The van der Waals surface area contributed by atoms with Crippen molar-refractivity contribution in [3.63, 3.8) is 0 Å². The zero-order valence-electron chi connectivity index (χ0n) is 25.9. The van der Waals surface area contributed by atoms with Crippen LogP contribution in [0.4, 0.5) is 10.1 Å². The van der Waals surface area contributed by atoms with Gasteiger partial charge in [-0.05, 0) is 35.8 Å². The summed E-state index contributed by atoms with van der Waals surface area (Å²) in [6, 6.07) is 6.22. The molecule has 254 valence electrons. The van der Waals surface area contributed by atoms with Crippen molar-refractivity contribution in [2.75, 3.05) is 23.4 Å². The molecule has 2 fully saturated rings. The second kappa shape index (κ2) is 14.1. The summed E-state index contributed by atoms with van der Waals surface area (Å²) < 4.78 is 16.8. The van der Waals surface area contributed by atoms with Gasteiger partial charge in [0.15, 0.2) is 29.1 Å². The highest BCUT2D eigenvalue weighted by Crippen LogP contribution is 2.41. The van der Waals surface area contributed by atoms with E-state index in [-0.39, 0.29) is 41.2 Å². The fourth-order valence-corrected chi connectivity index (χ4v) is 7.54. The third-order valence-electron chi connectivity index (χ3n) is 7.97. The van der Waals surface area contributed by atoms with E-state index in [0.29, 0.717) is 35.8 Å². The maximum absolute atomic E-state index is 13.5. The number of β-lactam (4-membered cyclic amide) rings is 1. The largest absolute Gasteiger partial charge is 0.505 e. The molecule has 18 heteroatoms. The molecular weight excluding hydrogens is 680 g/mol. The number of phenolic OH excluding ortho intramolecular Hbond substituents is 1. The molecule has 5 heterocycles. The summed E-state index contributed by atoms with van der Waals surface area (Å²) in [4.78, 5) is 66.4. The zero-order valence-corrected chi connectivity index (χ0v) is 27.5. The van der Waals surface area contributed by atoms with Gasteiger partial charge in [-0.3, -0.25) is 24.1 Å². The number of allylic oxidation sites excluding steroid dienone is 1. The van der Waals surface area contributed by atoms with Gasteiger partial charge in [0.1, 0.15) is 23.4 Å². The summed E-state index contributed by atoms with van der Waals surface area (Å²) in [6.45, 7) is 0.659. The number of aromatic hydroxyl groups is 1. The number of aromatic nitrogens is 4. The third kappa shape index (κ3) is 7.29. The second-order valence-corrected chi connectivity index (χ2v) is 13.4. The van der Waals surface area contributed by atoms with Gasteiger partial charge in [0.25, 0.3) is 11.8 Å². The van der Waals surface area contributed by atoms with Crippen molar-refractivity contribution in [2.24, 2.45) is 7.05 Å². The maximum atomic E-state index is 13.5. The number of nitrogens with one attached hydrogen (secondary N) is 2. The fraction of sp³-hybridized carbons (Fsp3) is 0.290. The molecule has 3 aromatic rings. The summed E-state index contributed by atoms with van der Waals surface area (Å²) in [5.41, 5.74) is 1.60. The molecule has 2 aromatic heterocycles. The van der Waals surface area contributed by atoms with Crippen molar-refractivity contribution < 1.29 is 43.1 Å². The molecule has 0 spiro atoms. The number of carbonyl (C=O) groups excluding carboxylic acids is 4. The first-order valence-corrected chi connectivity index (χ1v) is 17.0. The number of pyridine rings is 1. The highest BCUT2D eigenvalue weighted by atomic mass is 32.2. The highest BCUT2D eigenvalue weighted by Gasteiger charge is 2.54. The lowest BCUT2D eigenvalue weighted by Gasteiger charge is -2.49. The predicted octanol–water partition coefficient (Wildman–Crippen LogP) is 0.776. The van der Waals surface area contributed by atoms with Crippen LogP contribution < -0.4 is 15.2 Å². The predicted molar refractivity (Wildman–Crippen MR) is 173 cm³/mol. The minimum Gasteiger partial charge on any atom is -0.505 e. The van der Waals surface area contributed by atoms with Crippen LogP contribution >= 0.6 is 23.5 Å². The first-order chi connectivity index (χ1) is 23.5. The lowest BCUT2D eigenvalue weighted by Crippen LogP contribution is -2.70. The van der Waals surface area contributed by atoms with E-state index in [4.69, 9.17) is 0 Å². The summed E-state index contributed by atoms with van der Waals surface area (Å²) >= 11 is 2.48. The van der Waals surface area contributed by atoms with Crippen LogP contribution in [-0.4, -0.2) is 93.8 Å². The molecule has 1 aromatic carbocycles. The van der Waals surface area contributed by atoms with Crippen LogP contribution in [0.3, 0.4) is 0 Å². The molecule has 2 saturated heterocycles. The Morgan fingerprint density at radius 2 is 1.96 bits per heavy atom. The molecule has 15 nitrogen and oxygen atoms in total. The Morgan fingerprint density at radius 3 is 2.65 bits per heavy atom. The Kier molecular flexibility index (Phi) is 9.68. The molecule has 0 radical (unpaired) electrons. The van der Waals surface area contributed by atoms with E-state index in [1.165, 1.54) is 29.1 Å². The number of phenols is 1. The standard InChI is InChI=1S/C31H29FN8O7S2/c1-37-16-33-36-31(37)49-15-24(43)35-25-28(45)40-26(30(46)47)19(14-48-29(25)40)10-18-6-9-39(27(18)44)12-17-4-7-38(8-5-17)13-23(42)34-20-2-3-22(41)21(32)11-20/h2-5,7-8,10-11,16,25,29H,6,9,12-15H2,1H3,(H3-,34,35,41,42,43,46,47)/p+1. The summed E-state index contributed by atoms with van der Waals surface area (Å²) in [5.74, 6) is -3.97. The Hall–Kier alpha value is -5.23. The van der Waals surface area contributed by atoms with Crippen LogP contribution in [0, 0.1) is 5.82 Å². The number of anilines is 1. The molecule has 0 saturated carbocycles. The minimum absolute atomic E-state index is 0.0107. The Morgan fingerprint density at radius 1 is 1.18 bits per heavy atom. The second-order valence-electron chi connectivity index (χ2n) is 11.4. The van der Waals surface area contributed by atoms with Crippen molar-refractivity contribution in [3.8, 4) is 5.75 Å². The molecule has 6 rings (SSSR count). The van der Waals surface area contributed by atoms with Gasteiger partial charge in [-0.25, -0.2) is 9.18 Å². The number of carboxylic acids is 1. The minimum atomic E-state index is -1.29. The van der Waals surface area contributed by atoms with Crippen LogP contribution in [0.5, 0.6) is 5.75 Å². The fourth-order valence-electron chi connectivity index (χ4n) is 5.53. The topological polar surface area (TPSA) is 191 Å². The summed E-state index contributed by atoms with van der Waals surface area (Å²) in [6.07, 6.45) is 6.82. The van der Waals surface area contributed by atoms with Gasteiger partial charge in [0.05, 0.1) is 5.75 Å². The van der Waals surface area contributed by atoms with Crippen LogP contribution in [0.15, 0.2) is 77.1 Å². The van der Waals surface area contributed by atoms with Crippen molar-refractivity contribution in [2.45, 2.75) is 36.1 Å². The number of carbonyl (C=O) groups is 5. The van der Waals surface area contributed by atoms with Gasteiger partial charge >= 0.3 is 5.97 Å². The third-order valence-corrected chi connectivity index (χ3v) is 10.3. The van der Waals surface area contributed by atoms with E-state index in [1.807, 2.05) is 0 Å². The van der Waals surface area contributed by atoms with Crippen molar-refractivity contribution in [1.29, 1.82) is 0 Å². The smallest absolute Gasteiger partial charge is 0.352 e. The molecule has 0 bridgehead atoms. The molecule has 3 aliphatic heterocycles. The summed E-state index contributed by atoms with van der Waals surface area (Å²) in [5, 5.41) is 32.2. The first kappa shape index (κ1) is 33.7. The van der Waals surface area contributed by atoms with E-state index >= 15 is 0 Å². The van der Waals surface area contributed by atoms with E-state index in [9.17, 15) is 38.6 Å². The Labute approximate surface area is 286 Å². The van der Waals surface area contributed by atoms with E-state index < -0.39 is 40.8 Å². The number of benzene rings is 1. The highest BCUT2D eigenvalue weighted by molar-refractivity contribution is 8.00. The maximum Gasteiger partial charge on any atom is 0.352 e. The molecule has 4 amide bonds. The lowest BCUT2D eigenvalue weighted by atomic mass is 10.0. The number of likely N-dealkylation sites (tertiary alicyclic amines) is 1. The van der Waals surface area contributed by atoms with Gasteiger partial charge in [-0.2, -0.15) is 4.57 Å². The first-order valence-electron chi connectivity index (χ1n) is 14.9. The van der Waals surface area contributed by atoms with Gasteiger partial charge in [-0.15, -0.1) is 22.0 Å². The van der Waals surface area contributed by atoms with Crippen LogP contribution in [0.2, 0.25) is 0 Å². The van der Waals surface area contributed by atoms with Gasteiger partial charge in [0.2, 0.25) is 18.4 Å². The number of rotatable bonds is 11. The van der Waals surface area contributed by atoms with Crippen molar-refractivity contribution in [1.82, 2.24) is 29.9 Å². The molecule has 3 aliphatic rings. The number of halogens is 1. The zero-order chi connectivity index (χ0) is 34.8. The molecule has 2 atom stereocenters. The molecular formula is C31H30FN8O7S2+. The number of amides is 4. The number of aryl methyl sites for hydroxylation is 1. The van der Waals surface area contributed by atoms with Gasteiger partial charge < -0.3 is 30.3 Å². The number of fused-ring (bicyclic) bond motifs is 1. The Bertz CT molecular complexity index is 1920. The number of thioether (sulfide) groups is 2. The number of hydrogen-bond acceptors (Lipinski definition) is 10. The van der Waals surface area contributed by atoms with E-state index in [1.54, 1.807) is 51.7 Å². The molecule has 0 aliphatic carbocycles. The molecule has 2 unspecified atom stereocenters. The lowest BCUT2D eigenvalue weighted by molar-refractivity contribution is -0.684. The number of carboxylic acid groups (broad SMARTS) is 1. The number of hydrogen-bond donors (Lipinski definition) is 4. The van der Waals surface area contributed by atoms with Gasteiger partial charge in [0, 0.05) is 55.3 Å². The average molecular weight is 710 g/mol. The average Bonchev–Trinajstić information content (AvgIpc) is 3.64. The number of aliphatic carboxylic acids is 1.